The largest absolute Gasteiger partial charge is 0.493 e. The van der Waals surface area contributed by atoms with Crippen LogP contribution in [0.1, 0.15) is 56.7 Å². The highest BCUT2D eigenvalue weighted by Gasteiger charge is 2.39. The number of nitrogens with zero attached hydrogens (tertiary/aromatic N) is 1. The topological polar surface area (TPSA) is 79.9 Å². The monoisotopic (exact) mass is 403 g/mol. The van der Waals surface area contributed by atoms with E-state index in [1.165, 1.54) is 0 Å². The molecule has 7 heteroatoms. The third kappa shape index (κ3) is 4.60. The maximum atomic E-state index is 13.0. The molecule has 2 N–H and O–H groups in total. The van der Waals surface area contributed by atoms with Crippen LogP contribution in [0.2, 0.25) is 0 Å². The highest BCUT2D eigenvalue weighted by Crippen LogP contribution is 2.40. The first kappa shape index (κ1) is 21.3. The molecule has 7 nitrogen and oxygen atoms in total. The molecule has 0 aromatic heterocycles. The van der Waals surface area contributed by atoms with Crippen molar-refractivity contribution in [2.24, 2.45) is 5.92 Å². The van der Waals surface area contributed by atoms with E-state index in [0.717, 1.165) is 43.2 Å². The van der Waals surface area contributed by atoms with Crippen LogP contribution in [-0.2, 0) is 11.2 Å². The third-order valence-corrected chi connectivity index (χ3v) is 5.81. The first-order valence-corrected chi connectivity index (χ1v) is 10.6. The first-order valence-electron chi connectivity index (χ1n) is 10.6. The lowest BCUT2D eigenvalue weighted by molar-refractivity contribution is -0.123. The van der Waals surface area contributed by atoms with Crippen molar-refractivity contribution in [2.75, 3.05) is 27.3 Å². The quantitative estimate of drug-likeness (QED) is 0.699. The highest BCUT2D eigenvalue weighted by atomic mass is 16.5. The summed E-state index contributed by atoms with van der Waals surface area (Å²) in [5.74, 6) is 1.54. The van der Waals surface area contributed by atoms with Crippen LogP contribution in [0.3, 0.4) is 0 Å². The molecule has 1 heterocycles. The maximum Gasteiger partial charge on any atom is 0.317 e. The van der Waals surface area contributed by atoms with Crippen molar-refractivity contribution in [3.8, 4) is 11.5 Å². The van der Waals surface area contributed by atoms with Crippen molar-refractivity contribution in [1.29, 1.82) is 0 Å². The minimum atomic E-state index is -0.247. The smallest absolute Gasteiger partial charge is 0.317 e. The van der Waals surface area contributed by atoms with Gasteiger partial charge in [0.1, 0.15) is 0 Å². The van der Waals surface area contributed by atoms with E-state index < -0.39 is 0 Å². The summed E-state index contributed by atoms with van der Waals surface area (Å²) in [5.41, 5.74) is 2.15. The van der Waals surface area contributed by atoms with Crippen LogP contribution >= 0.6 is 0 Å². The lowest BCUT2D eigenvalue weighted by Crippen LogP contribution is -2.53. The fourth-order valence-corrected chi connectivity index (χ4v) is 4.02. The molecular weight excluding hydrogens is 370 g/mol. The predicted molar refractivity (Wildman–Crippen MR) is 111 cm³/mol. The number of nitrogens with one attached hydrogen (secondary N) is 2. The molecule has 2 aliphatic rings. The van der Waals surface area contributed by atoms with Crippen molar-refractivity contribution in [3.05, 3.63) is 23.3 Å². The molecule has 160 valence electrons. The summed E-state index contributed by atoms with van der Waals surface area (Å²) < 4.78 is 11.0. The van der Waals surface area contributed by atoms with Gasteiger partial charge < -0.3 is 25.0 Å². The summed E-state index contributed by atoms with van der Waals surface area (Å²) in [6.07, 6.45) is 4.25. The molecule has 29 heavy (non-hydrogen) atoms. The number of carbonyl (C=O) groups is 2. The van der Waals surface area contributed by atoms with E-state index in [2.05, 4.69) is 17.6 Å². The van der Waals surface area contributed by atoms with E-state index in [-0.39, 0.29) is 29.9 Å². The van der Waals surface area contributed by atoms with Gasteiger partial charge in [-0.1, -0.05) is 13.8 Å². The van der Waals surface area contributed by atoms with Gasteiger partial charge in [0.05, 0.1) is 26.3 Å². The van der Waals surface area contributed by atoms with Crippen LogP contribution in [0, 0.1) is 5.92 Å². The summed E-state index contributed by atoms with van der Waals surface area (Å²) in [7, 11) is 3.24. The summed E-state index contributed by atoms with van der Waals surface area (Å²) in [5, 5.41) is 6.21. The van der Waals surface area contributed by atoms with Gasteiger partial charge in [-0.15, -0.1) is 0 Å². The molecule has 0 bridgehead atoms. The molecule has 3 rings (SSSR count). The van der Waals surface area contributed by atoms with Gasteiger partial charge >= 0.3 is 6.03 Å². The third-order valence-electron chi connectivity index (χ3n) is 5.81. The van der Waals surface area contributed by atoms with Crippen LogP contribution < -0.4 is 20.1 Å². The van der Waals surface area contributed by atoms with E-state index in [1.54, 1.807) is 14.2 Å². The number of hydrogen-bond acceptors (Lipinski definition) is 4. The Hall–Kier alpha value is -2.44. The lowest BCUT2D eigenvalue weighted by Gasteiger charge is -2.42. The van der Waals surface area contributed by atoms with Crippen LogP contribution in [0.15, 0.2) is 12.1 Å². The SMILES string of the molecule is CCCNC(=O)N1CCc2cc(OC)c(OC)cc2C1C(CC)NC(=O)C1CC1. The normalized spacial score (nSPS) is 19.2. The molecule has 1 aromatic rings. The van der Waals surface area contributed by atoms with E-state index in [9.17, 15) is 9.59 Å². The zero-order valence-corrected chi connectivity index (χ0v) is 17.9. The number of rotatable bonds is 8. The molecule has 1 aliphatic carbocycles. The number of ether oxygens (including phenoxy) is 2. The summed E-state index contributed by atoms with van der Waals surface area (Å²) in [6.45, 7) is 5.31. The second kappa shape index (κ2) is 9.37. The molecule has 1 fully saturated rings. The Labute approximate surface area is 173 Å². The van der Waals surface area contributed by atoms with Gasteiger partial charge in [-0.2, -0.15) is 0 Å². The second-order valence-electron chi connectivity index (χ2n) is 7.82. The van der Waals surface area contributed by atoms with Crippen LogP contribution in [0.5, 0.6) is 11.5 Å². The summed E-state index contributed by atoms with van der Waals surface area (Å²) >= 11 is 0. The standard InChI is InChI=1S/C22H33N3O4/c1-5-10-23-22(27)25-11-9-15-12-18(28-3)19(29-4)13-16(15)20(25)17(6-2)24-21(26)14-7-8-14/h12-14,17,20H,5-11H2,1-4H3,(H,23,27)(H,24,26). The number of hydrogen-bond donors (Lipinski definition) is 2. The number of benzene rings is 1. The number of urea groups is 1. The molecule has 1 aromatic carbocycles. The minimum absolute atomic E-state index is 0.0867. The van der Waals surface area contributed by atoms with E-state index in [0.29, 0.717) is 24.6 Å². The number of fused-ring (bicyclic) bond motifs is 1. The zero-order valence-electron chi connectivity index (χ0n) is 17.9. The fraction of sp³-hybridized carbons (Fsp3) is 0.636. The molecule has 2 unspecified atom stereocenters. The maximum absolute atomic E-state index is 13.0. The number of carbonyl (C=O) groups excluding carboxylic acids is 2. The van der Waals surface area contributed by atoms with Crippen LogP contribution in [-0.4, -0.2) is 50.2 Å². The van der Waals surface area contributed by atoms with Crippen molar-refractivity contribution >= 4 is 11.9 Å². The molecule has 1 saturated carbocycles. The van der Waals surface area contributed by atoms with Gasteiger partial charge in [0.2, 0.25) is 5.91 Å². The molecule has 2 atom stereocenters. The number of methoxy groups -OCH3 is 2. The minimum Gasteiger partial charge on any atom is -0.493 e. The molecule has 1 aliphatic heterocycles. The Morgan fingerprint density at radius 1 is 1.17 bits per heavy atom. The fourth-order valence-electron chi connectivity index (χ4n) is 4.02. The Morgan fingerprint density at radius 3 is 2.45 bits per heavy atom. The van der Waals surface area contributed by atoms with Crippen molar-refractivity contribution < 1.29 is 19.1 Å². The van der Waals surface area contributed by atoms with E-state index in [4.69, 9.17) is 9.47 Å². The van der Waals surface area contributed by atoms with Gasteiger partial charge in [0.15, 0.2) is 11.5 Å². The lowest BCUT2D eigenvalue weighted by atomic mass is 9.86. The average molecular weight is 404 g/mol. The van der Waals surface area contributed by atoms with E-state index >= 15 is 0 Å². The van der Waals surface area contributed by atoms with Gasteiger partial charge in [-0.3, -0.25) is 4.79 Å². The Morgan fingerprint density at radius 2 is 1.86 bits per heavy atom. The Kier molecular flexibility index (Phi) is 6.87. The Balaban J connectivity index is 1.98. The van der Waals surface area contributed by atoms with Crippen molar-refractivity contribution in [1.82, 2.24) is 15.5 Å². The van der Waals surface area contributed by atoms with Gasteiger partial charge in [0.25, 0.3) is 0 Å². The van der Waals surface area contributed by atoms with Gasteiger partial charge in [0, 0.05) is 19.0 Å². The van der Waals surface area contributed by atoms with Gasteiger partial charge in [-0.05, 0) is 55.4 Å². The average Bonchev–Trinajstić information content (AvgIpc) is 3.59. The van der Waals surface area contributed by atoms with Crippen molar-refractivity contribution in [3.63, 3.8) is 0 Å². The Bertz CT molecular complexity index is 748. The zero-order chi connectivity index (χ0) is 21.0. The van der Waals surface area contributed by atoms with Gasteiger partial charge in [-0.25, -0.2) is 4.79 Å². The predicted octanol–water partition coefficient (Wildman–Crippen LogP) is 3.03. The molecule has 0 radical (unpaired) electrons. The number of amides is 3. The van der Waals surface area contributed by atoms with Crippen LogP contribution in [0.25, 0.3) is 0 Å². The molecule has 0 saturated heterocycles. The molecule has 0 spiro atoms. The highest BCUT2D eigenvalue weighted by molar-refractivity contribution is 5.81. The van der Waals surface area contributed by atoms with Crippen LogP contribution in [0.4, 0.5) is 4.79 Å². The summed E-state index contributed by atoms with van der Waals surface area (Å²) in [4.78, 5) is 27.3. The van der Waals surface area contributed by atoms with E-state index in [1.807, 2.05) is 24.0 Å². The van der Waals surface area contributed by atoms with Crippen molar-refractivity contribution in [2.45, 2.75) is 58.0 Å². The second-order valence-corrected chi connectivity index (χ2v) is 7.82. The molecule has 3 amide bonds. The molecular formula is C22H33N3O4. The summed E-state index contributed by atoms with van der Waals surface area (Å²) in [6, 6.07) is 3.47. The first-order chi connectivity index (χ1) is 14.0.